The first-order valence-electron chi connectivity index (χ1n) is 8.37. The van der Waals surface area contributed by atoms with Crippen LogP contribution in [0.2, 0.25) is 0 Å². The number of carbonyl (C=O) groups excluding carboxylic acids is 2. The minimum absolute atomic E-state index is 0.279. The van der Waals surface area contributed by atoms with Crippen LogP contribution in [0.25, 0.3) is 0 Å². The first kappa shape index (κ1) is 18.9. The second kappa shape index (κ2) is 7.79. The highest BCUT2D eigenvalue weighted by atomic mass is 19.4. The van der Waals surface area contributed by atoms with Gasteiger partial charge in [0.2, 0.25) is 5.91 Å². The van der Waals surface area contributed by atoms with Crippen LogP contribution in [0.15, 0.2) is 42.5 Å². The third-order valence-electron chi connectivity index (χ3n) is 4.28. The van der Waals surface area contributed by atoms with E-state index in [2.05, 4.69) is 16.0 Å². The van der Waals surface area contributed by atoms with Crippen molar-refractivity contribution in [1.82, 2.24) is 16.0 Å². The van der Waals surface area contributed by atoms with Crippen LogP contribution < -0.4 is 16.0 Å². The first-order valence-corrected chi connectivity index (χ1v) is 8.37. The standard InChI is InChI=1S/C19H18F3N3O2/c20-19(21,22)16-4-2-1-3-15(16)18(27)25-11-17(26)24-8-12-5-6-13-9-23-10-14(13)7-12/h1-7,23H,8-11H2,(H,24,26)(H,25,27). The van der Waals surface area contributed by atoms with E-state index in [4.69, 9.17) is 0 Å². The minimum atomic E-state index is -4.64. The molecule has 0 atom stereocenters. The largest absolute Gasteiger partial charge is 0.417 e. The van der Waals surface area contributed by atoms with Crippen molar-refractivity contribution in [2.45, 2.75) is 25.8 Å². The molecule has 1 aliphatic heterocycles. The van der Waals surface area contributed by atoms with Gasteiger partial charge in [0.15, 0.2) is 0 Å². The highest BCUT2D eigenvalue weighted by Gasteiger charge is 2.34. The Bertz CT molecular complexity index is 866. The molecule has 2 aromatic rings. The molecule has 0 saturated carbocycles. The van der Waals surface area contributed by atoms with Gasteiger partial charge in [-0.25, -0.2) is 0 Å². The molecule has 8 heteroatoms. The number of hydrogen-bond donors (Lipinski definition) is 3. The molecule has 1 heterocycles. The number of alkyl halides is 3. The lowest BCUT2D eigenvalue weighted by molar-refractivity contribution is -0.137. The number of rotatable bonds is 5. The summed E-state index contributed by atoms with van der Waals surface area (Å²) in [5.41, 5.74) is 1.78. The number of hydrogen-bond acceptors (Lipinski definition) is 3. The van der Waals surface area contributed by atoms with Gasteiger partial charge in [-0.1, -0.05) is 30.3 Å². The molecule has 0 unspecified atom stereocenters. The van der Waals surface area contributed by atoms with Crippen LogP contribution >= 0.6 is 0 Å². The van der Waals surface area contributed by atoms with E-state index in [-0.39, 0.29) is 6.54 Å². The van der Waals surface area contributed by atoms with Crippen LogP contribution in [0, 0.1) is 0 Å². The molecular formula is C19H18F3N3O2. The molecule has 142 valence electrons. The molecule has 0 spiro atoms. The molecule has 0 saturated heterocycles. The number of fused-ring (bicyclic) bond motifs is 1. The Kier molecular flexibility index (Phi) is 5.46. The lowest BCUT2D eigenvalue weighted by Crippen LogP contribution is -2.37. The number of amides is 2. The van der Waals surface area contributed by atoms with Crippen molar-refractivity contribution < 1.29 is 22.8 Å². The minimum Gasteiger partial charge on any atom is -0.350 e. The Labute approximate surface area is 154 Å². The maximum absolute atomic E-state index is 12.9. The summed E-state index contributed by atoms with van der Waals surface area (Å²) in [5, 5.41) is 8.10. The van der Waals surface area contributed by atoms with Crippen molar-refractivity contribution >= 4 is 11.8 Å². The summed E-state index contributed by atoms with van der Waals surface area (Å²) in [4.78, 5) is 23.9. The lowest BCUT2D eigenvalue weighted by atomic mass is 10.1. The molecule has 5 nitrogen and oxygen atoms in total. The predicted octanol–water partition coefficient (Wildman–Crippen LogP) is 2.35. The van der Waals surface area contributed by atoms with Gasteiger partial charge in [-0.05, 0) is 28.8 Å². The molecule has 0 fully saturated rings. The van der Waals surface area contributed by atoms with E-state index >= 15 is 0 Å². The van der Waals surface area contributed by atoms with E-state index in [0.717, 1.165) is 30.8 Å². The van der Waals surface area contributed by atoms with Crippen LogP contribution in [0.5, 0.6) is 0 Å². The van der Waals surface area contributed by atoms with Gasteiger partial charge in [0.05, 0.1) is 17.7 Å². The van der Waals surface area contributed by atoms with Gasteiger partial charge in [0, 0.05) is 19.6 Å². The van der Waals surface area contributed by atoms with Gasteiger partial charge in [-0.3, -0.25) is 9.59 Å². The van der Waals surface area contributed by atoms with Crippen LogP contribution in [0.3, 0.4) is 0 Å². The number of carbonyl (C=O) groups is 2. The van der Waals surface area contributed by atoms with Crippen LogP contribution in [0.1, 0.15) is 32.6 Å². The number of nitrogens with one attached hydrogen (secondary N) is 3. The van der Waals surface area contributed by atoms with Crippen LogP contribution in [-0.4, -0.2) is 18.4 Å². The zero-order valence-electron chi connectivity index (χ0n) is 14.3. The van der Waals surface area contributed by atoms with Crippen LogP contribution in [0.4, 0.5) is 13.2 Å². The van der Waals surface area contributed by atoms with E-state index in [0.29, 0.717) is 0 Å². The topological polar surface area (TPSA) is 70.2 Å². The summed E-state index contributed by atoms with van der Waals surface area (Å²) in [5.74, 6) is -1.42. The van der Waals surface area contributed by atoms with Gasteiger partial charge in [0.1, 0.15) is 0 Å². The molecule has 0 radical (unpaired) electrons. The SMILES string of the molecule is O=C(CNC(=O)c1ccccc1C(F)(F)F)NCc1ccc2c(c1)CNC2. The highest BCUT2D eigenvalue weighted by molar-refractivity contribution is 5.97. The van der Waals surface area contributed by atoms with Crippen molar-refractivity contribution in [3.8, 4) is 0 Å². The van der Waals surface area contributed by atoms with Gasteiger partial charge in [-0.15, -0.1) is 0 Å². The van der Waals surface area contributed by atoms with Gasteiger partial charge < -0.3 is 16.0 Å². The fourth-order valence-electron chi connectivity index (χ4n) is 2.91. The average Bonchev–Trinajstić information content (AvgIpc) is 3.11. The fraction of sp³-hybridized carbons (Fsp3) is 0.263. The van der Waals surface area contributed by atoms with E-state index in [9.17, 15) is 22.8 Å². The summed E-state index contributed by atoms with van der Waals surface area (Å²) < 4.78 is 38.8. The van der Waals surface area contributed by atoms with Crippen molar-refractivity contribution in [2.75, 3.05) is 6.54 Å². The summed E-state index contributed by atoms with van der Waals surface area (Å²) in [6, 6.07) is 10.3. The van der Waals surface area contributed by atoms with Crippen molar-refractivity contribution in [2.24, 2.45) is 0 Å². The zero-order chi connectivity index (χ0) is 19.4. The molecule has 3 N–H and O–H groups in total. The normalized spacial score (nSPS) is 13.1. The van der Waals surface area contributed by atoms with Gasteiger partial charge in [0.25, 0.3) is 5.91 Å². The van der Waals surface area contributed by atoms with E-state index in [1.165, 1.54) is 23.3 Å². The molecule has 0 aromatic heterocycles. The van der Waals surface area contributed by atoms with E-state index in [1.807, 2.05) is 18.2 Å². The Morgan fingerprint density at radius 2 is 1.74 bits per heavy atom. The van der Waals surface area contributed by atoms with E-state index in [1.54, 1.807) is 0 Å². The van der Waals surface area contributed by atoms with Gasteiger partial charge in [-0.2, -0.15) is 13.2 Å². The Balaban J connectivity index is 1.53. The quantitative estimate of drug-likeness (QED) is 0.749. The lowest BCUT2D eigenvalue weighted by Gasteiger charge is -2.12. The van der Waals surface area contributed by atoms with Crippen molar-refractivity contribution in [3.63, 3.8) is 0 Å². The van der Waals surface area contributed by atoms with Gasteiger partial charge >= 0.3 is 6.18 Å². The molecule has 1 aliphatic rings. The molecule has 3 rings (SSSR count). The average molecular weight is 377 g/mol. The molecule has 2 amide bonds. The fourth-order valence-corrected chi connectivity index (χ4v) is 2.91. The maximum atomic E-state index is 12.9. The van der Waals surface area contributed by atoms with Crippen molar-refractivity contribution in [3.05, 3.63) is 70.3 Å². The molecule has 0 aliphatic carbocycles. The second-order valence-electron chi connectivity index (χ2n) is 6.21. The Morgan fingerprint density at radius 3 is 2.52 bits per heavy atom. The second-order valence-corrected chi connectivity index (χ2v) is 6.21. The first-order chi connectivity index (χ1) is 12.8. The smallest absolute Gasteiger partial charge is 0.350 e. The third-order valence-corrected chi connectivity index (χ3v) is 4.28. The number of benzene rings is 2. The monoisotopic (exact) mass is 377 g/mol. The number of halogens is 3. The molecular weight excluding hydrogens is 359 g/mol. The Morgan fingerprint density at radius 1 is 1.00 bits per heavy atom. The summed E-state index contributed by atoms with van der Waals surface area (Å²) in [6.07, 6.45) is -4.64. The Hall–Kier alpha value is -2.87. The maximum Gasteiger partial charge on any atom is 0.417 e. The molecule has 0 bridgehead atoms. The molecule has 2 aromatic carbocycles. The third kappa shape index (κ3) is 4.65. The summed E-state index contributed by atoms with van der Waals surface area (Å²) in [7, 11) is 0. The molecule has 27 heavy (non-hydrogen) atoms. The highest BCUT2D eigenvalue weighted by Crippen LogP contribution is 2.31. The summed E-state index contributed by atoms with van der Waals surface area (Å²) in [6.45, 7) is 1.48. The van der Waals surface area contributed by atoms with Crippen molar-refractivity contribution in [1.29, 1.82) is 0 Å². The predicted molar refractivity (Wildman–Crippen MR) is 92.6 cm³/mol. The zero-order valence-corrected chi connectivity index (χ0v) is 14.3. The van der Waals surface area contributed by atoms with Crippen LogP contribution in [-0.2, 0) is 30.6 Å². The summed E-state index contributed by atoms with van der Waals surface area (Å²) >= 11 is 0. The van der Waals surface area contributed by atoms with E-state index < -0.39 is 35.7 Å².